The molecule has 62 heavy (non-hydrogen) atoms. The van der Waals surface area contributed by atoms with E-state index in [9.17, 15) is 0 Å². The van der Waals surface area contributed by atoms with Crippen LogP contribution in [0.4, 0.5) is 0 Å². The Hall–Kier alpha value is -7.61. The van der Waals surface area contributed by atoms with Gasteiger partial charge in [0.25, 0.3) is 0 Å². The van der Waals surface area contributed by atoms with Gasteiger partial charge in [0.1, 0.15) is 0 Å². The van der Waals surface area contributed by atoms with Crippen LogP contribution in [0.2, 0.25) is 0 Å². The van der Waals surface area contributed by atoms with Gasteiger partial charge < -0.3 is 0 Å². The van der Waals surface area contributed by atoms with Gasteiger partial charge in [-0.15, -0.1) is 0 Å². The van der Waals surface area contributed by atoms with Gasteiger partial charge in [-0.1, -0.05) is 213 Å². The molecular weight excluding hydrogens is 747 g/mol. The average molecular weight is 796 g/mol. The molecule has 0 saturated heterocycles. The van der Waals surface area contributed by atoms with Gasteiger partial charge in [-0.05, 0) is 132 Å². The van der Waals surface area contributed by atoms with Crippen molar-refractivity contribution in [3.05, 3.63) is 253 Å². The van der Waals surface area contributed by atoms with Crippen molar-refractivity contribution in [2.45, 2.75) is 27.2 Å². The highest BCUT2D eigenvalue weighted by atomic mass is 14.7. The first-order valence-corrected chi connectivity index (χ1v) is 21.4. The van der Waals surface area contributed by atoms with Crippen LogP contribution in [-0.4, -0.2) is 5.71 Å². The Morgan fingerprint density at radius 2 is 0.952 bits per heavy atom. The molecule has 0 spiro atoms. The molecule has 0 amide bonds. The van der Waals surface area contributed by atoms with Crippen LogP contribution in [0.1, 0.15) is 47.2 Å². The van der Waals surface area contributed by atoms with Gasteiger partial charge in [-0.2, -0.15) is 0 Å². The van der Waals surface area contributed by atoms with Crippen LogP contribution in [0.5, 0.6) is 0 Å². The van der Waals surface area contributed by atoms with Crippen LogP contribution < -0.4 is 0 Å². The molecule has 10 rings (SSSR count). The number of aryl methyl sites for hydroxylation is 1. The molecule has 0 N–H and O–H groups in total. The van der Waals surface area contributed by atoms with Gasteiger partial charge in [0.05, 0.1) is 5.70 Å². The van der Waals surface area contributed by atoms with Gasteiger partial charge in [0.2, 0.25) is 0 Å². The van der Waals surface area contributed by atoms with Crippen molar-refractivity contribution in [1.82, 2.24) is 0 Å². The van der Waals surface area contributed by atoms with E-state index in [1.807, 2.05) is 32.0 Å². The Labute approximate surface area is 365 Å². The van der Waals surface area contributed by atoms with Gasteiger partial charge in [0.15, 0.2) is 0 Å². The lowest BCUT2D eigenvalue weighted by molar-refractivity contribution is 1.19. The molecule has 1 nitrogen and oxygen atoms in total. The number of nitrogens with zero attached hydrogens (tertiary/aromatic N) is 1. The van der Waals surface area contributed by atoms with Crippen molar-refractivity contribution < 1.29 is 0 Å². The average Bonchev–Trinajstić information content (AvgIpc) is 3.32. The van der Waals surface area contributed by atoms with E-state index in [4.69, 9.17) is 4.99 Å². The van der Waals surface area contributed by atoms with Crippen molar-refractivity contribution in [2.75, 3.05) is 0 Å². The predicted molar refractivity (Wildman–Crippen MR) is 270 cm³/mol. The van der Waals surface area contributed by atoms with E-state index < -0.39 is 0 Å². The third kappa shape index (κ3) is 8.01. The smallest absolute Gasteiger partial charge is 0.0633 e. The zero-order valence-electron chi connectivity index (χ0n) is 35.7. The summed E-state index contributed by atoms with van der Waals surface area (Å²) in [4.78, 5) is 4.86. The number of benzene rings is 10. The lowest BCUT2D eigenvalue weighted by Gasteiger charge is -2.16. The van der Waals surface area contributed by atoms with E-state index >= 15 is 0 Å². The standard InChI is InChI=1S/C38H27N.C23H22/c1-25(27-13-4-3-5-14-27)39-26(2)28-15-12-16-29(23-28)36-24-37-32-19-7-6-17-30(32)31-18-8-10-21-34(31)38(37)35-22-11-9-20-33(35)36;1-17(2)20-14-12-19(13-15-20)16-21-9-5-7-11-23(21)22-10-6-4-8-18(22)3/h3-24H,2H2,1H3;4-15H,1,16H2,2-3H3. The lowest BCUT2D eigenvalue weighted by Crippen LogP contribution is -1.95. The van der Waals surface area contributed by atoms with Crippen LogP contribution in [0.3, 0.4) is 0 Å². The third-order valence-corrected chi connectivity index (χ3v) is 12.0. The van der Waals surface area contributed by atoms with E-state index in [0.717, 1.165) is 40.1 Å². The summed E-state index contributed by atoms with van der Waals surface area (Å²) in [6.07, 6.45) is 0.945. The van der Waals surface area contributed by atoms with Crippen molar-refractivity contribution in [3.8, 4) is 22.3 Å². The largest absolute Gasteiger partial charge is 0.253 e. The van der Waals surface area contributed by atoms with Crippen molar-refractivity contribution in [2.24, 2.45) is 4.99 Å². The number of allylic oxidation sites excluding steroid dienone is 1. The fraction of sp³-hybridized carbons (Fsp3) is 0.0656. The SMILES string of the molecule is C=C(C)c1ccc(Cc2ccccc2-c2ccccc2C)cc1.C=C(N=C(C)c1ccccc1)c1cccc(-c2cc3c4ccccc4c4ccccc4c3c3ccccc23)c1. The van der Waals surface area contributed by atoms with Gasteiger partial charge >= 0.3 is 0 Å². The van der Waals surface area contributed by atoms with Crippen molar-refractivity contribution >= 4 is 60.1 Å². The molecule has 0 aromatic heterocycles. The van der Waals surface area contributed by atoms with E-state index in [1.165, 1.54) is 82.0 Å². The number of hydrogen-bond donors (Lipinski definition) is 0. The summed E-state index contributed by atoms with van der Waals surface area (Å²) >= 11 is 0. The van der Waals surface area contributed by atoms with Crippen LogP contribution in [0.25, 0.3) is 76.6 Å². The molecule has 298 valence electrons. The van der Waals surface area contributed by atoms with E-state index in [2.05, 4.69) is 208 Å². The monoisotopic (exact) mass is 795 g/mol. The molecule has 0 saturated carbocycles. The molecule has 10 aromatic carbocycles. The number of hydrogen-bond acceptors (Lipinski definition) is 1. The highest BCUT2D eigenvalue weighted by Gasteiger charge is 2.15. The van der Waals surface area contributed by atoms with Gasteiger partial charge in [-0.25, -0.2) is 0 Å². The number of fused-ring (bicyclic) bond motifs is 8. The zero-order valence-corrected chi connectivity index (χ0v) is 35.7. The number of aliphatic imine (C=N–C) groups is 1. The van der Waals surface area contributed by atoms with Crippen molar-refractivity contribution in [1.29, 1.82) is 0 Å². The Bertz CT molecular complexity index is 3310. The van der Waals surface area contributed by atoms with Gasteiger partial charge in [0, 0.05) is 11.3 Å². The lowest BCUT2D eigenvalue weighted by atomic mass is 9.87. The van der Waals surface area contributed by atoms with E-state index in [-0.39, 0.29) is 0 Å². The molecule has 0 bridgehead atoms. The Morgan fingerprint density at radius 3 is 1.63 bits per heavy atom. The minimum atomic E-state index is 0.764. The summed E-state index contributed by atoms with van der Waals surface area (Å²) in [6.45, 7) is 14.6. The highest BCUT2D eigenvalue weighted by molar-refractivity contribution is 6.33. The van der Waals surface area contributed by atoms with Crippen LogP contribution >= 0.6 is 0 Å². The number of rotatable bonds is 8. The molecule has 0 atom stereocenters. The summed E-state index contributed by atoms with van der Waals surface area (Å²) < 4.78 is 0. The Kier molecular flexibility index (Phi) is 11.3. The second-order valence-electron chi connectivity index (χ2n) is 16.2. The molecule has 0 aliphatic rings. The first-order valence-electron chi connectivity index (χ1n) is 21.4. The van der Waals surface area contributed by atoms with Gasteiger partial charge in [-0.3, -0.25) is 4.99 Å². The third-order valence-electron chi connectivity index (χ3n) is 12.0. The maximum absolute atomic E-state index is 4.86. The quantitative estimate of drug-likeness (QED) is 0.107. The molecule has 0 fully saturated rings. The molecular formula is C61H49N. The molecule has 0 unspecified atom stereocenters. The highest BCUT2D eigenvalue weighted by Crippen LogP contribution is 2.43. The molecule has 1 heteroatoms. The molecule has 0 aliphatic carbocycles. The summed E-state index contributed by atoms with van der Waals surface area (Å²) in [5, 5.41) is 10.3. The topological polar surface area (TPSA) is 12.4 Å². The van der Waals surface area contributed by atoms with E-state index in [0.29, 0.717) is 0 Å². The van der Waals surface area contributed by atoms with Crippen LogP contribution in [0, 0.1) is 6.92 Å². The Morgan fingerprint density at radius 1 is 0.419 bits per heavy atom. The Balaban J connectivity index is 0.000000182. The zero-order chi connectivity index (χ0) is 42.6. The normalized spacial score (nSPS) is 11.4. The minimum absolute atomic E-state index is 0.764. The fourth-order valence-electron chi connectivity index (χ4n) is 8.82. The molecule has 0 aliphatic heterocycles. The first-order chi connectivity index (χ1) is 30.3. The van der Waals surface area contributed by atoms with Crippen molar-refractivity contribution in [3.63, 3.8) is 0 Å². The summed E-state index contributed by atoms with van der Waals surface area (Å²) in [5.41, 5.74) is 15.2. The maximum atomic E-state index is 4.86. The second-order valence-corrected chi connectivity index (χ2v) is 16.2. The molecule has 10 aromatic rings. The second kappa shape index (κ2) is 17.5. The summed E-state index contributed by atoms with van der Waals surface area (Å²) in [5.74, 6) is 0. The molecule has 0 radical (unpaired) electrons. The first kappa shape index (κ1) is 39.8. The summed E-state index contributed by atoms with van der Waals surface area (Å²) in [6, 6.07) is 73.6. The van der Waals surface area contributed by atoms with E-state index in [1.54, 1.807) is 0 Å². The summed E-state index contributed by atoms with van der Waals surface area (Å²) in [7, 11) is 0. The minimum Gasteiger partial charge on any atom is -0.253 e. The fourth-order valence-corrected chi connectivity index (χ4v) is 8.82. The molecule has 0 heterocycles. The maximum Gasteiger partial charge on any atom is 0.0633 e. The van der Waals surface area contributed by atoms with Crippen LogP contribution in [0.15, 0.2) is 224 Å². The predicted octanol–water partition coefficient (Wildman–Crippen LogP) is 16.7. The van der Waals surface area contributed by atoms with Crippen LogP contribution in [-0.2, 0) is 6.42 Å².